The number of benzene rings is 2. The second-order valence-corrected chi connectivity index (χ2v) is 8.35. The number of anilines is 1. The van der Waals surface area contributed by atoms with Crippen molar-refractivity contribution in [1.29, 1.82) is 0 Å². The summed E-state index contributed by atoms with van der Waals surface area (Å²) in [5, 5.41) is 11.5. The zero-order valence-electron chi connectivity index (χ0n) is 17.0. The summed E-state index contributed by atoms with van der Waals surface area (Å²) in [6, 6.07) is 10.3. The van der Waals surface area contributed by atoms with E-state index in [1.807, 2.05) is 32.0 Å². The van der Waals surface area contributed by atoms with Crippen LogP contribution < -0.4 is 4.90 Å². The predicted molar refractivity (Wildman–Crippen MR) is 117 cm³/mol. The number of nitro benzene ring substituents is 1. The average molecular weight is 413 g/mol. The van der Waals surface area contributed by atoms with Crippen LogP contribution in [0.15, 0.2) is 36.4 Å². The van der Waals surface area contributed by atoms with Gasteiger partial charge in [0.1, 0.15) is 0 Å². The number of non-ortho nitro benzene ring substituents is 1. The monoisotopic (exact) mass is 412 g/mol. The molecule has 0 radical (unpaired) electrons. The van der Waals surface area contributed by atoms with E-state index in [4.69, 9.17) is 4.98 Å². The number of carbonyl (C=O) groups is 1. The van der Waals surface area contributed by atoms with Crippen LogP contribution in [0.25, 0.3) is 10.2 Å². The minimum absolute atomic E-state index is 0.0164. The molecule has 0 N–H and O–H groups in total. The molecule has 152 valence electrons. The van der Waals surface area contributed by atoms with Crippen LogP contribution in [0.2, 0.25) is 0 Å². The van der Waals surface area contributed by atoms with Gasteiger partial charge in [-0.1, -0.05) is 29.5 Å². The molecule has 0 saturated heterocycles. The van der Waals surface area contributed by atoms with Crippen molar-refractivity contribution < 1.29 is 9.72 Å². The first-order valence-electron chi connectivity index (χ1n) is 9.31. The molecule has 0 spiro atoms. The summed E-state index contributed by atoms with van der Waals surface area (Å²) >= 11 is 1.52. The minimum atomic E-state index is -0.444. The highest BCUT2D eigenvalue weighted by molar-refractivity contribution is 7.22. The Bertz CT molecular complexity index is 1040. The normalized spacial score (nSPS) is 11.2. The number of rotatable bonds is 7. The maximum atomic E-state index is 13.1. The van der Waals surface area contributed by atoms with Crippen molar-refractivity contribution in [3.05, 3.63) is 63.2 Å². The van der Waals surface area contributed by atoms with Crippen molar-refractivity contribution in [2.24, 2.45) is 0 Å². The van der Waals surface area contributed by atoms with E-state index in [1.165, 1.54) is 23.5 Å². The molecule has 3 aromatic rings. The molecule has 0 aliphatic rings. The van der Waals surface area contributed by atoms with Crippen LogP contribution >= 0.6 is 11.3 Å². The van der Waals surface area contributed by atoms with Gasteiger partial charge in [0, 0.05) is 25.2 Å². The molecule has 0 aliphatic carbocycles. The zero-order chi connectivity index (χ0) is 21.1. The fourth-order valence-electron chi connectivity index (χ4n) is 3.11. The van der Waals surface area contributed by atoms with Crippen LogP contribution in [0.1, 0.15) is 16.7 Å². The van der Waals surface area contributed by atoms with Gasteiger partial charge in [-0.15, -0.1) is 0 Å². The van der Waals surface area contributed by atoms with Crippen LogP contribution in [0.5, 0.6) is 0 Å². The van der Waals surface area contributed by atoms with Gasteiger partial charge in [0.05, 0.1) is 21.6 Å². The number of fused-ring (bicyclic) bond motifs is 1. The van der Waals surface area contributed by atoms with Crippen molar-refractivity contribution in [2.45, 2.75) is 20.3 Å². The topological polar surface area (TPSA) is 79.6 Å². The first-order chi connectivity index (χ1) is 13.7. The number of nitrogens with zero attached hydrogens (tertiary/aromatic N) is 4. The zero-order valence-corrected chi connectivity index (χ0v) is 17.8. The van der Waals surface area contributed by atoms with Gasteiger partial charge in [-0.25, -0.2) is 4.98 Å². The molecule has 1 heterocycles. The Morgan fingerprint density at radius 1 is 1.14 bits per heavy atom. The van der Waals surface area contributed by atoms with E-state index in [9.17, 15) is 14.9 Å². The van der Waals surface area contributed by atoms with Crippen molar-refractivity contribution >= 4 is 38.3 Å². The Balaban J connectivity index is 1.89. The SMILES string of the molecule is Cc1cc(C)c2sc(N(CCN(C)C)C(=O)Cc3ccc([N+](=O)[O-])cc3)nc2c1. The number of amides is 1. The highest BCUT2D eigenvalue weighted by Gasteiger charge is 2.21. The standard InChI is InChI=1S/C21H24N4O3S/c1-14-11-15(2)20-18(12-14)22-21(29-20)24(10-9-23(3)4)19(26)13-16-5-7-17(8-6-16)25(27)28/h5-8,11-12H,9-10,13H2,1-4H3. The number of hydrogen-bond donors (Lipinski definition) is 0. The van der Waals surface area contributed by atoms with Gasteiger partial charge in [-0.2, -0.15) is 0 Å². The number of aryl methyl sites for hydroxylation is 2. The average Bonchev–Trinajstić information content (AvgIpc) is 3.06. The lowest BCUT2D eigenvalue weighted by atomic mass is 10.1. The maximum absolute atomic E-state index is 13.1. The lowest BCUT2D eigenvalue weighted by Crippen LogP contribution is -2.37. The van der Waals surface area contributed by atoms with Crippen LogP contribution in [-0.2, 0) is 11.2 Å². The summed E-state index contributed by atoms with van der Waals surface area (Å²) < 4.78 is 1.09. The van der Waals surface area contributed by atoms with Crippen LogP contribution in [-0.4, -0.2) is 47.9 Å². The van der Waals surface area contributed by atoms with Gasteiger partial charge in [0.15, 0.2) is 5.13 Å². The number of thiazole rings is 1. The molecule has 1 aromatic heterocycles. The first kappa shape index (κ1) is 20.9. The molecular formula is C21H24N4O3S. The highest BCUT2D eigenvalue weighted by atomic mass is 32.1. The molecule has 2 aromatic carbocycles. The van der Waals surface area contributed by atoms with E-state index >= 15 is 0 Å². The Hall–Kier alpha value is -2.84. The third-order valence-electron chi connectivity index (χ3n) is 4.61. The van der Waals surface area contributed by atoms with Crippen LogP contribution in [0.3, 0.4) is 0 Å². The number of likely N-dealkylation sites (N-methyl/N-ethyl adjacent to an activating group) is 1. The Kier molecular flexibility index (Phi) is 6.24. The molecule has 0 fully saturated rings. The van der Waals surface area contributed by atoms with E-state index in [0.29, 0.717) is 18.2 Å². The number of carbonyl (C=O) groups excluding carboxylic acids is 1. The van der Waals surface area contributed by atoms with Crippen molar-refractivity contribution in [3.8, 4) is 0 Å². The summed E-state index contributed by atoms with van der Waals surface area (Å²) in [5.74, 6) is -0.0749. The van der Waals surface area contributed by atoms with Gasteiger partial charge in [-0.05, 0) is 50.7 Å². The van der Waals surface area contributed by atoms with Crippen molar-refractivity contribution in [2.75, 3.05) is 32.1 Å². The molecule has 0 aliphatic heterocycles. The molecule has 8 heteroatoms. The van der Waals surface area contributed by atoms with E-state index in [0.717, 1.165) is 26.9 Å². The van der Waals surface area contributed by atoms with Crippen molar-refractivity contribution in [3.63, 3.8) is 0 Å². The lowest BCUT2D eigenvalue weighted by Gasteiger charge is -2.22. The Morgan fingerprint density at radius 3 is 2.45 bits per heavy atom. The van der Waals surface area contributed by atoms with E-state index < -0.39 is 4.92 Å². The van der Waals surface area contributed by atoms with E-state index in [1.54, 1.807) is 17.0 Å². The predicted octanol–water partition coefficient (Wildman–Crippen LogP) is 3.96. The quantitative estimate of drug-likeness (QED) is 0.433. The fourth-order valence-corrected chi connectivity index (χ4v) is 4.17. The third kappa shape index (κ3) is 4.96. The summed E-state index contributed by atoms with van der Waals surface area (Å²) in [7, 11) is 3.93. The Labute approximate surface area is 173 Å². The van der Waals surface area contributed by atoms with Crippen LogP contribution in [0.4, 0.5) is 10.8 Å². The molecule has 0 saturated carbocycles. The third-order valence-corrected chi connectivity index (χ3v) is 5.84. The van der Waals surface area contributed by atoms with Gasteiger partial charge in [0.25, 0.3) is 5.69 Å². The van der Waals surface area contributed by atoms with Gasteiger partial charge in [-0.3, -0.25) is 19.8 Å². The van der Waals surface area contributed by atoms with Gasteiger partial charge >= 0.3 is 0 Å². The summed E-state index contributed by atoms with van der Waals surface area (Å²) in [5.41, 5.74) is 3.95. The highest BCUT2D eigenvalue weighted by Crippen LogP contribution is 2.32. The second-order valence-electron chi connectivity index (χ2n) is 7.38. The summed E-state index contributed by atoms with van der Waals surface area (Å²) in [6.45, 7) is 5.33. The van der Waals surface area contributed by atoms with E-state index in [-0.39, 0.29) is 18.0 Å². The first-order valence-corrected chi connectivity index (χ1v) is 10.1. The molecule has 29 heavy (non-hydrogen) atoms. The number of nitro groups is 1. The number of hydrogen-bond acceptors (Lipinski definition) is 6. The Morgan fingerprint density at radius 2 is 1.83 bits per heavy atom. The molecule has 3 rings (SSSR count). The lowest BCUT2D eigenvalue weighted by molar-refractivity contribution is -0.384. The van der Waals surface area contributed by atoms with Gasteiger partial charge in [0.2, 0.25) is 5.91 Å². The molecule has 7 nitrogen and oxygen atoms in total. The number of aromatic nitrogens is 1. The summed E-state index contributed by atoms with van der Waals surface area (Å²) in [4.78, 5) is 32.0. The molecule has 1 amide bonds. The molecular weight excluding hydrogens is 388 g/mol. The van der Waals surface area contributed by atoms with Crippen LogP contribution in [0, 0.1) is 24.0 Å². The van der Waals surface area contributed by atoms with Crippen molar-refractivity contribution in [1.82, 2.24) is 9.88 Å². The largest absolute Gasteiger partial charge is 0.308 e. The molecule has 0 atom stereocenters. The summed E-state index contributed by atoms with van der Waals surface area (Å²) in [6.07, 6.45) is 0.166. The molecule has 0 unspecified atom stereocenters. The van der Waals surface area contributed by atoms with E-state index in [2.05, 4.69) is 13.0 Å². The second kappa shape index (κ2) is 8.67. The fraction of sp³-hybridized carbons (Fsp3) is 0.333. The smallest absolute Gasteiger partial charge is 0.269 e. The van der Waals surface area contributed by atoms with Gasteiger partial charge < -0.3 is 4.90 Å². The minimum Gasteiger partial charge on any atom is -0.308 e. The molecule has 0 bridgehead atoms. The maximum Gasteiger partial charge on any atom is 0.269 e.